The monoisotopic (exact) mass is 488 g/mol. The Morgan fingerprint density at radius 2 is 1.61 bits per heavy atom. The van der Waals surface area contributed by atoms with Gasteiger partial charge in [0, 0.05) is 0 Å². The molecule has 36 heavy (non-hydrogen) atoms. The Hall–Kier alpha value is -4.37. The highest BCUT2D eigenvalue weighted by Crippen LogP contribution is 2.50. The number of para-hydroxylation sites is 2. The first kappa shape index (κ1) is 23.4. The smallest absolute Gasteiger partial charge is 0.339 e. The molecule has 0 aromatic heterocycles. The number of methoxy groups -OCH3 is 2. The number of nitrogens with zero attached hydrogens (tertiary/aromatic N) is 2. The van der Waals surface area contributed by atoms with Crippen molar-refractivity contribution in [2.75, 3.05) is 24.2 Å². The van der Waals surface area contributed by atoms with Crippen LogP contribution in [0.4, 0.5) is 11.4 Å². The van der Waals surface area contributed by atoms with E-state index in [1.54, 1.807) is 48.5 Å². The number of ether oxygens (including phenoxy) is 2. The maximum absolute atomic E-state index is 13.9. The fraction of sp³-hybridized carbons (Fsp3) is 0.222. The molecular formula is C27H24N2O7. The predicted octanol–water partition coefficient (Wildman–Crippen LogP) is 3.76. The van der Waals surface area contributed by atoms with E-state index in [2.05, 4.69) is 0 Å². The second-order valence-corrected chi connectivity index (χ2v) is 8.53. The first-order valence-corrected chi connectivity index (χ1v) is 11.3. The lowest BCUT2D eigenvalue weighted by Gasteiger charge is -2.30. The number of benzene rings is 3. The number of carboxylic acids is 1. The molecule has 0 aliphatic carbocycles. The standard InChI is InChI=1S/C27H24N2O7/c1-15-9-7-8-12-18(15)28-25(30)21-22(17-13-14-19(34-2)23(35-3)20(17)27(32)33)29(36-24(21)26(28)31)16-10-5-4-6-11-16/h4-14,21-22,24H,1-3H3,(H,32,33)/t21-,22-,24+/m1/s1. The first-order chi connectivity index (χ1) is 17.4. The van der Waals surface area contributed by atoms with Gasteiger partial charge in [-0.25, -0.2) is 14.8 Å². The summed E-state index contributed by atoms with van der Waals surface area (Å²) in [5, 5.41) is 11.6. The van der Waals surface area contributed by atoms with Gasteiger partial charge in [-0.2, -0.15) is 0 Å². The molecule has 184 valence electrons. The molecule has 3 aromatic carbocycles. The van der Waals surface area contributed by atoms with Crippen molar-refractivity contribution in [3.8, 4) is 11.5 Å². The number of amides is 2. The van der Waals surface area contributed by atoms with Crippen LogP contribution in [-0.2, 0) is 14.4 Å². The molecule has 9 nitrogen and oxygen atoms in total. The summed E-state index contributed by atoms with van der Waals surface area (Å²) in [5.41, 5.74) is 1.91. The van der Waals surface area contributed by atoms with E-state index in [1.165, 1.54) is 19.3 Å². The van der Waals surface area contributed by atoms with Crippen LogP contribution in [0.3, 0.4) is 0 Å². The SMILES string of the molecule is COc1ccc([C@@H]2[C@H]3C(=O)N(c4ccccc4C)C(=O)[C@H]3ON2c2ccccc2)c(C(=O)O)c1OC. The van der Waals surface area contributed by atoms with Crippen LogP contribution in [-0.4, -0.2) is 43.2 Å². The van der Waals surface area contributed by atoms with Crippen molar-refractivity contribution < 1.29 is 33.8 Å². The Kier molecular flexibility index (Phi) is 5.85. The molecule has 9 heteroatoms. The summed E-state index contributed by atoms with van der Waals surface area (Å²) in [4.78, 5) is 47.2. The number of anilines is 2. The van der Waals surface area contributed by atoms with Crippen LogP contribution in [0.2, 0.25) is 0 Å². The highest BCUT2D eigenvalue weighted by molar-refractivity contribution is 6.24. The third-order valence-electron chi connectivity index (χ3n) is 6.59. The number of fused-ring (bicyclic) bond motifs is 1. The quantitative estimate of drug-likeness (QED) is 0.523. The van der Waals surface area contributed by atoms with E-state index in [9.17, 15) is 19.5 Å². The summed E-state index contributed by atoms with van der Waals surface area (Å²) in [7, 11) is 2.76. The number of imide groups is 1. The van der Waals surface area contributed by atoms with Crippen LogP contribution in [0.15, 0.2) is 66.7 Å². The zero-order valence-corrected chi connectivity index (χ0v) is 19.9. The highest BCUT2D eigenvalue weighted by atomic mass is 16.7. The highest BCUT2D eigenvalue weighted by Gasteiger charge is 2.61. The van der Waals surface area contributed by atoms with E-state index in [0.29, 0.717) is 11.4 Å². The first-order valence-electron chi connectivity index (χ1n) is 11.3. The van der Waals surface area contributed by atoms with Crippen LogP contribution in [0, 0.1) is 12.8 Å². The Balaban J connectivity index is 1.70. The average Bonchev–Trinajstić information content (AvgIpc) is 3.39. The number of carboxylic acid groups (broad SMARTS) is 1. The Labute approximate surface area is 207 Å². The number of carbonyl (C=O) groups is 3. The lowest BCUT2D eigenvalue weighted by Crippen LogP contribution is -2.38. The molecule has 3 atom stereocenters. The predicted molar refractivity (Wildman–Crippen MR) is 130 cm³/mol. The molecule has 0 saturated carbocycles. The van der Waals surface area contributed by atoms with Gasteiger partial charge in [-0.1, -0.05) is 42.5 Å². The van der Waals surface area contributed by atoms with Gasteiger partial charge in [-0.3, -0.25) is 14.4 Å². The van der Waals surface area contributed by atoms with Crippen molar-refractivity contribution in [3.63, 3.8) is 0 Å². The number of hydrogen-bond acceptors (Lipinski definition) is 7. The van der Waals surface area contributed by atoms with Gasteiger partial charge < -0.3 is 14.6 Å². The van der Waals surface area contributed by atoms with Gasteiger partial charge in [0.05, 0.1) is 31.6 Å². The summed E-state index contributed by atoms with van der Waals surface area (Å²) in [6, 6.07) is 18.3. The third kappa shape index (κ3) is 3.47. The zero-order valence-electron chi connectivity index (χ0n) is 19.9. The number of hydroxylamine groups is 1. The molecule has 2 heterocycles. The minimum atomic E-state index is -1.26. The number of aromatic carboxylic acids is 1. The van der Waals surface area contributed by atoms with Gasteiger partial charge in [-0.05, 0) is 42.3 Å². The molecule has 2 amide bonds. The van der Waals surface area contributed by atoms with Crippen LogP contribution < -0.4 is 19.4 Å². The van der Waals surface area contributed by atoms with E-state index in [4.69, 9.17) is 14.3 Å². The van der Waals surface area contributed by atoms with Gasteiger partial charge in [0.1, 0.15) is 11.5 Å². The van der Waals surface area contributed by atoms with Crippen molar-refractivity contribution in [2.24, 2.45) is 5.92 Å². The summed E-state index contributed by atoms with van der Waals surface area (Å²) in [6.07, 6.45) is -1.13. The fourth-order valence-corrected chi connectivity index (χ4v) is 4.99. The molecule has 2 saturated heterocycles. The van der Waals surface area contributed by atoms with Crippen LogP contribution >= 0.6 is 0 Å². The van der Waals surface area contributed by atoms with Crippen molar-refractivity contribution in [3.05, 3.63) is 83.4 Å². The molecule has 2 fully saturated rings. The number of hydrogen-bond donors (Lipinski definition) is 1. The Morgan fingerprint density at radius 3 is 2.25 bits per heavy atom. The molecule has 5 rings (SSSR count). The molecule has 0 bridgehead atoms. The van der Waals surface area contributed by atoms with Crippen molar-refractivity contribution in [2.45, 2.75) is 19.1 Å². The van der Waals surface area contributed by atoms with Gasteiger partial charge in [0.15, 0.2) is 17.6 Å². The maximum Gasteiger partial charge on any atom is 0.339 e. The van der Waals surface area contributed by atoms with Crippen LogP contribution in [0.25, 0.3) is 0 Å². The average molecular weight is 488 g/mol. The molecule has 3 aromatic rings. The van der Waals surface area contributed by atoms with E-state index >= 15 is 0 Å². The lowest BCUT2D eigenvalue weighted by atomic mass is 9.87. The molecule has 0 spiro atoms. The topological polar surface area (TPSA) is 106 Å². The second-order valence-electron chi connectivity index (χ2n) is 8.53. The van der Waals surface area contributed by atoms with E-state index in [0.717, 1.165) is 10.5 Å². The van der Waals surface area contributed by atoms with Crippen LogP contribution in [0.5, 0.6) is 11.5 Å². The van der Waals surface area contributed by atoms with Gasteiger partial charge >= 0.3 is 5.97 Å². The molecule has 1 N–H and O–H groups in total. The van der Waals surface area contributed by atoms with Gasteiger partial charge in [0.25, 0.3) is 5.91 Å². The van der Waals surface area contributed by atoms with E-state index in [-0.39, 0.29) is 22.6 Å². The van der Waals surface area contributed by atoms with E-state index in [1.807, 2.05) is 25.1 Å². The zero-order chi connectivity index (χ0) is 25.6. The second kappa shape index (κ2) is 9.01. The van der Waals surface area contributed by atoms with Crippen molar-refractivity contribution in [1.82, 2.24) is 0 Å². The lowest BCUT2D eigenvalue weighted by molar-refractivity contribution is -0.126. The van der Waals surface area contributed by atoms with Gasteiger partial charge in [-0.15, -0.1) is 0 Å². The number of carbonyl (C=O) groups excluding carboxylic acids is 2. The summed E-state index contributed by atoms with van der Waals surface area (Å²) < 4.78 is 10.7. The molecule has 2 aliphatic rings. The summed E-state index contributed by atoms with van der Waals surface area (Å²) in [6.45, 7) is 1.81. The fourth-order valence-electron chi connectivity index (χ4n) is 4.99. The Bertz CT molecular complexity index is 1360. The Morgan fingerprint density at radius 1 is 0.917 bits per heavy atom. The molecule has 0 unspecified atom stereocenters. The van der Waals surface area contributed by atoms with E-state index < -0.39 is 35.8 Å². The van der Waals surface area contributed by atoms with Crippen molar-refractivity contribution >= 4 is 29.2 Å². The van der Waals surface area contributed by atoms with Crippen molar-refractivity contribution in [1.29, 1.82) is 0 Å². The molecule has 0 radical (unpaired) electrons. The maximum atomic E-state index is 13.9. The molecule has 2 aliphatic heterocycles. The largest absolute Gasteiger partial charge is 0.493 e. The van der Waals surface area contributed by atoms with Gasteiger partial charge in [0.2, 0.25) is 5.91 Å². The minimum Gasteiger partial charge on any atom is -0.493 e. The third-order valence-corrected chi connectivity index (χ3v) is 6.59. The minimum absolute atomic E-state index is 0.0199. The molecular weight excluding hydrogens is 464 g/mol. The normalized spacial score (nSPS) is 21.0. The summed E-state index contributed by atoms with van der Waals surface area (Å²) in [5.74, 6) is -2.96. The number of aryl methyl sites for hydroxylation is 1. The summed E-state index contributed by atoms with van der Waals surface area (Å²) >= 11 is 0. The number of rotatable bonds is 6. The van der Waals surface area contributed by atoms with Crippen LogP contribution in [0.1, 0.15) is 27.5 Å².